The Balaban J connectivity index is 2.07. The third-order valence-corrected chi connectivity index (χ3v) is 5.48. The van der Waals surface area contributed by atoms with Crippen molar-refractivity contribution < 1.29 is 14.3 Å². The first-order valence-corrected chi connectivity index (χ1v) is 9.92. The summed E-state index contributed by atoms with van der Waals surface area (Å²) in [5, 5.41) is 3.54. The average molecular weight is 390 g/mol. The van der Waals surface area contributed by atoms with E-state index in [-0.39, 0.29) is 11.7 Å². The number of nitrogens with one attached hydrogen (secondary N) is 1. The summed E-state index contributed by atoms with van der Waals surface area (Å²) in [6, 6.07) is 6.19. The number of amides is 1. The van der Waals surface area contributed by atoms with E-state index < -0.39 is 11.5 Å². The van der Waals surface area contributed by atoms with Crippen molar-refractivity contribution in [3.63, 3.8) is 0 Å². The summed E-state index contributed by atoms with van der Waals surface area (Å²) in [4.78, 5) is 28.8. The number of aromatic nitrogens is 2. The molecule has 0 aliphatic heterocycles. The van der Waals surface area contributed by atoms with Crippen LogP contribution in [0.15, 0.2) is 35.7 Å². The van der Waals surface area contributed by atoms with E-state index in [0.29, 0.717) is 6.42 Å². The van der Waals surface area contributed by atoms with Crippen LogP contribution in [-0.2, 0) is 14.3 Å². The zero-order valence-corrected chi connectivity index (χ0v) is 17.4. The standard InChI is InChI=1S/C20H27N3O3S/c1-6-9-20(4,18(25)26-5)22-17(24)13-27-19-21-10-11-23(19)16-8-7-14(2)15(3)12-16/h7-8,10-12H,6,9,13H2,1-5H3,(H,22,24). The van der Waals surface area contributed by atoms with Crippen LogP contribution in [0.2, 0.25) is 0 Å². The number of thioether (sulfide) groups is 1. The van der Waals surface area contributed by atoms with Gasteiger partial charge in [-0.1, -0.05) is 31.2 Å². The molecule has 1 N–H and O–H groups in total. The van der Waals surface area contributed by atoms with Gasteiger partial charge in [-0.05, 0) is 50.5 Å². The summed E-state index contributed by atoms with van der Waals surface area (Å²) in [6.45, 7) is 7.79. The quantitative estimate of drug-likeness (QED) is 0.553. The number of imidazole rings is 1. The Kier molecular flexibility index (Phi) is 7.07. The van der Waals surface area contributed by atoms with Crippen LogP contribution in [0.3, 0.4) is 0 Å². The number of carbonyl (C=O) groups is 2. The first-order valence-electron chi connectivity index (χ1n) is 8.94. The average Bonchev–Trinajstić information content (AvgIpc) is 3.10. The molecule has 0 aliphatic rings. The summed E-state index contributed by atoms with van der Waals surface area (Å²) < 4.78 is 6.79. The molecule has 1 heterocycles. The van der Waals surface area contributed by atoms with E-state index in [0.717, 1.165) is 17.3 Å². The van der Waals surface area contributed by atoms with Crippen LogP contribution in [-0.4, -0.2) is 39.8 Å². The zero-order valence-electron chi connectivity index (χ0n) is 16.5. The second kappa shape index (κ2) is 9.08. The van der Waals surface area contributed by atoms with Gasteiger partial charge in [0.05, 0.1) is 12.9 Å². The van der Waals surface area contributed by atoms with Crippen LogP contribution in [0, 0.1) is 13.8 Å². The maximum Gasteiger partial charge on any atom is 0.331 e. The lowest BCUT2D eigenvalue weighted by molar-refractivity contribution is -0.150. The molecule has 0 saturated carbocycles. The molecule has 1 aromatic heterocycles. The summed E-state index contributed by atoms with van der Waals surface area (Å²) in [5.41, 5.74) is 2.42. The molecule has 27 heavy (non-hydrogen) atoms. The number of aryl methyl sites for hydroxylation is 2. The van der Waals surface area contributed by atoms with Gasteiger partial charge in [0.1, 0.15) is 5.54 Å². The Bertz CT molecular complexity index is 819. The number of hydrogen-bond donors (Lipinski definition) is 1. The molecule has 0 saturated heterocycles. The minimum absolute atomic E-state index is 0.165. The molecule has 1 atom stereocenters. The number of ether oxygens (including phenoxy) is 1. The van der Waals surface area contributed by atoms with Crippen molar-refractivity contribution in [2.75, 3.05) is 12.9 Å². The summed E-state index contributed by atoms with van der Waals surface area (Å²) in [5.74, 6) is -0.492. The minimum atomic E-state index is -1.01. The highest BCUT2D eigenvalue weighted by molar-refractivity contribution is 7.99. The molecule has 0 fully saturated rings. The lowest BCUT2D eigenvalue weighted by atomic mass is 9.96. The van der Waals surface area contributed by atoms with E-state index in [9.17, 15) is 9.59 Å². The number of rotatable bonds is 8. The summed E-state index contributed by atoms with van der Waals surface area (Å²) in [6.07, 6.45) is 4.87. The molecule has 146 valence electrons. The third kappa shape index (κ3) is 5.13. The second-order valence-electron chi connectivity index (χ2n) is 6.76. The molecule has 0 aliphatic carbocycles. The van der Waals surface area contributed by atoms with Crippen molar-refractivity contribution in [1.29, 1.82) is 0 Å². The van der Waals surface area contributed by atoms with E-state index in [1.807, 2.05) is 23.8 Å². The molecular formula is C20H27N3O3S. The van der Waals surface area contributed by atoms with Gasteiger partial charge in [-0.15, -0.1) is 0 Å². The molecular weight excluding hydrogens is 362 g/mol. The molecule has 0 spiro atoms. The van der Waals surface area contributed by atoms with Crippen molar-refractivity contribution in [2.45, 2.75) is 51.2 Å². The number of benzene rings is 1. The van der Waals surface area contributed by atoms with E-state index in [1.165, 1.54) is 30.0 Å². The fourth-order valence-electron chi connectivity index (χ4n) is 2.88. The van der Waals surface area contributed by atoms with Crippen molar-refractivity contribution in [1.82, 2.24) is 14.9 Å². The van der Waals surface area contributed by atoms with E-state index in [2.05, 4.69) is 36.3 Å². The Labute approximate surface area is 164 Å². The topological polar surface area (TPSA) is 73.2 Å². The highest BCUT2D eigenvalue weighted by Crippen LogP contribution is 2.22. The normalized spacial score (nSPS) is 13.1. The number of carbonyl (C=O) groups excluding carboxylic acids is 2. The van der Waals surface area contributed by atoms with Gasteiger partial charge in [-0.25, -0.2) is 9.78 Å². The Morgan fingerprint density at radius 3 is 2.67 bits per heavy atom. The van der Waals surface area contributed by atoms with Gasteiger partial charge < -0.3 is 10.1 Å². The van der Waals surface area contributed by atoms with Gasteiger partial charge in [0.2, 0.25) is 5.91 Å². The number of esters is 1. The predicted octanol–water partition coefficient (Wildman–Crippen LogP) is 3.43. The maximum atomic E-state index is 12.4. The highest BCUT2D eigenvalue weighted by Gasteiger charge is 2.35. The van der Waals surface area contributed by atoms with Crippen LogP contribution in [0.25, 0.3) is 5.69 Å². The molecule has 7 heteroatoms. The van der Waals surface area contributed by atoms with E-state index >= 15 is 0 Å². The van der Waals surface area contributed by atoms with Crippen molar-refractivity contribution in [3.05, 3.63) is 41.7 Å². The fourth-order valence-corrected chi connectivity index (χ4v) is 3.66. The van der Waals surface area contributed by atoms with Crippen LogP contribution < -0.4 is 5.32 Å². The SMILES string of the molecule is CCCC(C)(NC(=O)CSc1nccn1-c1ccc(C)c(C)c1)C(=O)OC. The zero-order chi connectivity index (χ0) is 20.0. The van der Waals surface area contributed by atoms with E-state index in [1.54, 1.807) is 13.1 Å². The molecule has 1 aromatic carbocycles. The summed E-state index contributed by atoms with van der Waals surface area (Å²) in [7, 11) is 1.33. The molecule has 0 radical (unpaired) electrons. The fraction of sp³-hybridized carbons (Fsp3) is 0.450. The smallest absolute Gasteiger partial charge is 0.331 e. The highest BCUT2D eigenvalue weighted by atomic mass is 32.2. The van der Waals surface area contributed by atoms with Crippen molar-refractivity contribution in [3.8, 4) is 5.69 Å². The predicted molar refractivity (Wildman–Crippen MR) is 107 cm³/mol. The molecule has 6 nitrogen and oxygen atoms in total. The minimum Gasteiger partial charge on any atom is -0.467 e. The molecule has 1 amide bonds. The number of hydrogen-bond acceptors (Lipinski definition) is 5. The molecule has 1 unspecified atom stereocenters. The van der Waals surface area contributed by atoms with Gasteiger partial charge >= 0.3 is 5.97 Å². The van der Waals surface area contributed by atoms with Gasteiger partial charge in [0.25, 0.3) is 0 Å². The van der Waals surface area contributed by atoms with Crippen molar-refractivity contribution >= 4 is 23.6 Å². The van der Waals surface area contributed by atoms with Crippen LogP contribution in [0.1, 0.15) is 37.8 Å². The molecule has 2 rings (SSSR count). The first kappa shape index (κ1) is 21.0. The Morgan fingerprint density at radius 2 is 2.04 bits per heavy atom. The Hall–Kier alpha value is -2.28. The van der Waals surface area contributed by atoms with Crippen LogP contribution >= 0.6 is 11.8 Å². The van der Waals surface area contributed by atoms with Gasteiger partial charge in [-0.2, -0.15) is 0 Å². The number of methoxy groups -OCH3 is 1. The Morgan fingerprint density at radius 1 is 1.30 bits per heavy atom. The monoisotopic (exact) mass is 389 g/mol. The van der Waals surface area contributed by atoms with Gasteiger partial charge in [-0.3, -0.25) is 9.36 Å². The molecule has 2 aromatic rings. The van der Waals surface area contributed by atoms with Gasteiger partial charge in [0.15, 0.2) is 5.16 Å². The van der Waals surface area contributed by atoms with Crippen LogP contribution in [0.5, 0.6) is 0 Å². The van der Waals surface area contributed by atoms with Crippen molar-refractivity contribution in [2.24, 2.45) is 0 Å². The second-order valence-corrected chi connectivity index (χ2v) is 7.70. The number of nitrogens with zero attached hydrogens (tertiary/aromatic N) is 2. The largest absolute Gasteiger partial charge is 0.467 e. The van der Waals surface area contributed by atoms with Crippen LogP contribution in [0.4, 0.5) is 0 Å². The summed E-state index contributed by atoms with van der Waals surface area (Å²) >= 11 is 1.33. The third-order valence-electron chi connectivity index (χ3n) is 4.51. The van der Waals surface area contributed by atoms with Gasteiger partial charge in [0, 0.05) is 18.1 Å². The lowest BCUT2D eigenvalue weighted by Gasteiger charge is -2.27. The lowest BCUT2D eigenvalue weighted by Crippen LogP contribution is -2.53. The van der Waals surface area contributed by atoms with E-state index in [4.69, 9.17) is 4.74 Å². The molecule has 0 bridgehead atoms. The first-order chi connectivity index (χ1) is 12.8. The maximum absolute atomic E-state index is 12.4.